The molecule has 3 rings (SSSR count). The summed E-state index contributed by atoms with van der Waals surface area (Å²) in [5, 5.41) is 0. The molecule has 2 aromatic rings. The lowest BCUT2D eigenvalue weighted by Gasteiger charge is -2.30. The molecule has 2 amide bonds. The zero-order valence-electron chi connectivity index (χ0n) is 25.8. The molecule has 0 fully saturated rings. The summed E-state index contributed by atoms with van der Waals surface area (Å²) in [4.78, 5) is 41.1. The van der Waals surface area contributed by atoms with Gasteiger partial charge in [-0.25, -0.2) is 9.59 Å². The van der Waals surface area contributed by atoms with Crippen molar-refractivity contribution in [2.75, 3.05) is 25.6 Å². The summed E-state index contributed by atoms with van der Waals surface area (Å²) < 4.78 is 59.3. The van der Waals surface area contributed by atoms with E-state index in [2.05, 4.69) is 4.74 Å². The number of nitrogens with zero attached hydrogens (tertiary/aromatic N) is 2. The van der Waals surface area contributed by atoms with Gasteiger partial charge in [-0.15, -0.1) is 13.2 Å². The van der Waals surface area contributed by atoms with E-state index < -0.39 is 30.1 Å². The first-order valence-electron chi connectivity index (χ1n) is 13.9. The molecular weight excluding hydrogens is 569 g/mol. The standard InChI is InChI=1S/C31H39F3N2O7/c1-18(2)21-10-9-20(15-26(21)42-31(32,33)34)17-41-25-12-11-23-22(19(25)3)13-14-36(23)27(37)16-24(28(38)40-8)35(7)29(39)43-30(4,5)6/h9-12,15,18,24H,13-14,16-17H2,1-8H3. The summed E-state index contributed by atoms with van der Waals surface area (Å²) in [5.41, 5.74) is 2.46. The van der Waals surface area contributed by atoms with Crippen molar-refractivity contribution in [1.29, 1.82) is 0 Å². The van der Waals surface area contributed by atoms with Crippen LogP contribution in [0.4, 0.5) is 23.7 Å². The number of hydrogen-bond acceptors (Lipinski definition) is 7. The predicted octanol–water partition coefficient (Wildman–Crippen LogP) is 6.28. The van der Waals surface area contributed by atoms with Crippen LogP contribution in [0.15, 0.2) is 30.3 Å². The van der Waals surface area contributed by atoms with Crippen molar-refractivity contribution in [2.24, 2.45) is 0 Å². The lowest BCUT2D eigenvalue weighted by atomic mass is 10.0. The van der Waals surface area contributed by atoms with E-state index in [9.17, 15) is 27.6 Å². The number of rotatable bonds is 9. The Morgan fingerprint density at radius 1 is 1.05 bits per heavy atom. The molecule has 1 unspecified atom stereocenters. The molecule has 1 heterocycles. The number of fused-ring (bicyclic) bond motifs is 1. The first-order chi connectivity index (χ1) is 19.9. The van der Waals surface area contributed by atoms with Crippen molar-refractivity contribution in [2.45, 2.75) is 84.9 Å². The van der Waals surface area contributed by atoms with Crippen LogP contribution in [0.2, 0.25) is 0 Å². The predicted molar refractivity (Wildman–Crippen MR) is 153 cm³/mol. The third-order valence-corrected chi connectivity index (χ3v) is 7.01. The first-order valence-corrected chi connectivity index (χ1v) is 13.9. The number of carbonyl (C=O) groups excluding carboxylic acids is 3. The summed E-state index contributed by atoms with van der Waals surface area (Å²) >= 11 is 0. The fourth-order valence-corrected chi connectivity index (χ4v) is 4.82. The Bertz CT molecular complexity index is 1350. The van der Waals surface area contributed by atoms with E-state index in [0.29, 0.717) is 35.5 Å². The molecule has 0 saturated carbocycles. The zero-order chi connectivity index (χ0) is 32.3. The fourth-order valence-electron chi connectivity index (χ4n) is 4.82. The molecule has 0 aromatic heterocycles. The van der Waals surface area contributed by atoms with Gasteiger partial charge in [-0.1, -0.05) is 26.0 Å². The maximum Gasteiger partial charge on any atom is 0.573 e. The average molecular weight is 609 g/mol. The number of likely N-dealkylation sites (N-methyl/N-ethyl adjacent to an activating group) is 1. The third kappa shape index (κ3) is 8.55. The SMILES string of the molecule is COC(=O)C(CC(=O)N1CCc2c1ccc(OCc1ccc(C(C)C)c(OC(F)(F)F)c1)c2C)N(C)C(=O)OC(C)(C)C. The maximum absolute atomic E-state index is 13.4. The molecule has 1 aliphatic rings. The molecule has 1 atom stereocenters. The lowest BCUT2D eigenvalue weighted by Crippen LogP contribution is -2.48. The number of esters is 1. The molecule has 0 N–H and O–H groups in total. The van der Waals surface area contributed by atoms with Gasteiger partial charge in [-0.05, 0) is 80.5 Å². The number of alkyl halides is 3. The first kappa shape index (κ1) is 33.5. The van der Waals surface area contributed by atoms with E-state index in [4.69, 9.17) is 14.2 Å². The van der Waals surface area contributed by atoms with E-state index in [-0.39, 0.29) is 30.6 Å². The summed E-state index contributed by atoms with van der Waals surface area (Å²) in [7, 11) is 2.56. The number of carbonyl (C=O) groups is 3. The van der Waals surface area contributed by atoms with Gasteiger partial charge in [0.05, 0.1) is 13.5 Å². The molecule has 0 aliphatic carbocycles. The number of methoxy groups -OCH3 is 1. The molecule has 0 radical (unpaired) electrons. The second-order valence-corrected chi connectivity index (χ2v) is 11.7. The molecular formula is C31H39F3N2O7. The second kappa shape index (κ2) is 13.1. The van der Waals surface area contributed by atoms with Crippen LogP contribution in [0.5, 0.6) is 11.5 Å². The molecule has 1 aliphatic heterocycles. The van der Waals surface area contributed by atoms with Crippen molar-refractivity contribution in [1.82, 2.24) is 4.90 Å². The molecule has 0 spiro atoms. The minimum Gasteiger partial charge on any atom is -0.489 e. The Balaban J connectivity index is 1.76. The van der Waals surface area contributed by atoms with E-state index in [1.807, 2.05) is 6.92 Å². The normalized spacial score (nSPS) is 13.8. The van der Waals surface area contributed by atoms with E-state index in [0.717, 1.165) is 16.0 Å². The molecule has 9 nitrogen and oxygen atoms in total. The Morgan fingerprint density at radius 3 is 2.30 bits per heavy atom. The van der Waals surface area contributed by atoms with Crippen LogP contribution in [0.1, 0.15) is 69.2 Å². The van der Waals surface area contributed by atoms with E-state index in [1.54, 1.807) is 63.8 Å². The molecule has 43 heavy (non-hydrogen) atoms. The molecule has 12 heteroatoms. The van der Waals surface area contributed by atoms with Crippen LogP contribution in [0.25, 0.3) is 0 Å². The number of hydrogen-bond donors (Lipinski definition) is 0. The van der Waals surface area contributed by atoms with Crippen LogP contribution >= 0.6 is 0 Å². The third-order valence-electron chi connectivity index (χ3n) is 7.01. The van der Waals surface area contributed by atoms with Crippen molar-refractivity contribution < 1.29 is 46.5 Å². The number of halogens is 3. The van der Waals surface area contributed by atoms with Crippen molar-refractivity contribution in [3.8, 4) is 11.5 Å². The van der Waals surface area contributed by atoms with Crippen molar-refractivity contribution >= 4 is 23.7 Å². The largest absolute Gasteiger partial charge is 0.573 e. The Labute approximate surface area is 249 Å². The molecule has 236 valence electrons. The summed E-state index contributed by atoms with van der Waals surface area (Å²) in [6.07, 6.45) is -5.36. The van der Waals surface area contributed by atoms with Crippen LogP contribution in [-0.2, 0) is 32.1 Å². The van der Waals surface area contributed by atoms with Crippen LogP contribution < -0.4 is 14.4 Å². The highest BCUT2D eigenvalue weighted by atomic mass is 19.4. The van der Waals surface area contributed by atoms with Gasteiger partial charge < -0.3 is 23.8 Å². The van der Waals surface area contributed by atoms with Gasteiger partial charge in [0.2, 0.25) is 5.91 Å². The number of benzene rings is 2. The smallest absolute Gasteiger partial charge is 0.489 e. The molecule has 0 saturated heterocycles. The van der Waals surface area contributed by atoms with E-state index >= 15 is 0 Å². The Morgan fingerprint density at radius 2 is 1.72 bits per heavy atom. The monoisotopic (exact) mass is 608 g/mol. The van der Waals surface area contributed by atoms with Gasteiger partial charge in [-0.2, -0.15) is 0 Å². The van der Waals surface area contributed by atoms with Crippen LogP contribution in [-0.4, -0.2) is 61.6 Å². The maximum atomic E-state index is 13.4. The molecule has 2 aromatic carbocycles. The van der Waals surface area contributed by atoms with Gasteiger partial charge in [0, 0.05) is 19.3 Å². The van der Waals surface area contributed by atoms with Crippen LogP contribution in [0.3, 0.4) is 0 Å². The molecule has 0 bridgehead atoms. The second-order valence-electron chi connectivity index (χ2n) is 11.7. The lowest BCUT2D eigenvalue weighted by molar-refractivity contribution is -0.275. The van der Waals surface area contributed by atoms with Gasteiger partial charge in [0.15, 0.2) is 0 Å². The zero-order valence-corrected chi connectivity index (χ0v) is 25.8. The Hall–Kier alpha value is -3.96. The van der Waals surface area contributed by atoms with Crippen molar-refractivity contribution in [3.05, 3.63) is 52.6 Å². The topological polar surface area (TPSA) is 94.6 Å². The van der Waals surface area contributed by atoms with Crippen LogP contribution in [0, 0.1) is 6.92 Å². The highest BCUT2D eigenvalue weighted by Gasteiger charge is 2.36. The highest BCUT2D eigenvalue weighted by molar-refractivity contribution is 5.99. The van der Waals surface area contributed by atoms with Gasteiger partial charge in [0.25, 0.3) is 0 Å². The van der Waals surface area contributed by atoms with Gasteiger partial charge in [-0.3, -0.25) is 9.69 Å². The fraction of sp³-hybridized carbons (Fsp3) is 0.516. The number of ether oxygens (including phenoxy) is 4. The number of anilines is 1. The number of amides is 2. The summed E-state index contributed by atoms with van der Waals surface area (Å²) in [5.74, 6) is -1.02. The van der Waals surface area contributed by atoms with E-state index in [1.165, 1.54) is 20.2 Å². The minimum absolute atomic E-state index is 0.00662. The minimum atomic E-state index is -4.81. The highest BCUT2D eigenvalue weighted by Crippen LogP contribution is 2.37. The van der Waals surface area contributed by atoms with Gasteiger partial charge >= 0.3 is 18.4 Å². The van der Waals surface area contributed by atoms with Gasteiger partial charge in [0.1, 0.15) is 29.7 Å². The Kier molecular flexibility index (Phi) is 10.2. The summed E-state index contributed by atoms with van der Waals surface area (Å²) in [6.45, 7) is 10.9. The summed E-state index contributed by atoms with van der Waals surface area (Å²) in [6, 6.07) is 6.87. The quantitative estimate of drug-likeness (QED) is 0.309. The average Bonchev–Trinajstić information content (AvgIpc) is 3.33. The van der Waals surface area contributed by atoms with Crippen molar-refractivity contribution in [3.63, 3.8) is 0 Å².